The van der Waals surface area contributed by atoms with Crippen molar-refractivity contribution in [3.8, 4) is 5.75 Å². The number of sulfonamides is 1. The van der Waals surface area contributed by atoms with E-state index in [-0.39, 0.29) is 17.4 Å². The van der Waals surface area contributed by atoms with Crippen molar-refractivity contribution in [1.82, 2.24) is 0 Å². The standard InChI is InChI=1S/C27H33NO4S/c1-32-24-9-11-25(12-10-24)33(30,31)28(23-6-3-2-4-7-23)13-5-8-26(29)27-21-15-19-14-20(17-21)18-22(27)16-19/h2-4,6-7,9-12,19-22,27H,5,8,13-18H2,1H3. The summed E-state index contributed by atoms with van der Waals surface area (Å²) >= 11 is 0. The number of hydrogen-bond acceptors (Lipinski definition) is 4. The summed E-state index contributed by atoms with van der Waals surface area (Å²) in [5.74, 6) is 4.02. The minimum Gasteiger partial charge on any atom is -0.497 e. The van der Waals surface area contributed by atoms with E-state index in [4.69, 9.17) is 4.74 Å². The zero-order valence-corrected chi connectivity index (χ0v) is 20.0. The summed E-state index contributed by atoms with van der Waals surface area (Å²) in [5.41, 5.74) is 0.621. The molecule has 0 N–H and O–H groups in total. The normalized spacial score (nSPS) is 28.0. The van der Waals surface area contributed by atoms with Crippen LogP contribution in [-0.4, -0.2) is 27.9 Å². The lowest BCUT2D eigenvalue weighted by molar-refractivity contribution is -0.135. The van der Waals surface area contributed by atoms with Crippen LogP contribution in [0.2, 0.25) is 0 Å². The summed E-state index contributed by atoms with van der Waals surface area (Å²) in [6.45, 7) is 0.289. The van der Waals surface area contributed by atoms with Gasteiger partial charge >= 0.3 is 0 Å². The molecule has 4 bridgehead atoms. The Hall–Kier alpha value is -2.34. The zero-order valence-electron chi connectivity index (χ0n) is 19.2. The molecule has 0 heterocycles. The highest BCUT2D eigenvalue weighted by Crippen LogP contribution is 2.56. The van der Waals surface area contributed by atoms with E-state index >= 15 is 0 Å². The first kappa shape index (κ1) is 22.5. The molecule has 0 aliphatic heterocycles. The van der Waals surface area contributed by atoms with Crippen LogP contribution in [0.25, 0.3) is 0 Å². The van der Waals surface area contributed by atoms with Crippen molar-refractivity contribution in [2.24, 2.45) is 29.6 Å². The second kappa shape index (κ2) is 9.13. The predicted octanol–water partition coefficient (Wildman–Crippen LogP) is 5.31. The van der Waals surface area contributed by atoms with Crippen molar-refractivity contribution in [3.05, 3.63) is 54.6 Å². The number of ether oxygens (including phenoxy) is 1. The number of carbonyl (C=O) groups is 1. The van der Waals surface area contributed by atoms with Crippen molar-refractivity contribution in [2.75, 3.05) is 18.0 Å². The maximum Gasteiger partial charge on any atom is 0.264 e. The molecule has 0 radical (unpaired) electrons. The Morgan fingerprint density at radius 3 is 2.09 bits per heavy atom. The summed E-state index contributed by atoms with van der Waals surface area (Å²) in [7, 11) is -2.20. The lowest BCUT2D eigenvalue weighted by Crippen LogP contribution is -2.48. The predicted molar refractivity (Wildman–Crippen MR) is 129 cm³/mol. The minimum absolute atomic E-state index is 0.209. The molecule has 5 nitrogen and oxygen atoms in total. The van der Waals surface area contributed by atoms with Crippen LogP contribution in [0.1, 0.15) is 44.9 Å². The van der Waals surface area contributed by atoms with E-state index in [0.717, 1.165) is 11.8 Å². The molecule has 0 saturated heterocycles. The Morgan fingerprint density at radius 2 is 1.52 bits per heavy atom. The number of hydrogen-bond donors (Lipinski definition) is 0. The van der Waals surface area contributed by atoms with Crippen molar-refractivity contribution < 1.29 is 17.9 Å². The molecule has 0 unspecified atom stereocenters. The summed E-state index contributed by atoms with van der Waals surface area (Å²) in [4.78, 5) is 13.5. The molecule has 4 saturated carbocycles. The third-order valence-electron chi connectivity index (χ3n) is 8.07. The lowest BCUT2D eigenvalue weighted by atomic mass is 9.51. The molecule has 2 aromatic carbocycles. The summed E-state index contributed by atoms with van der Waals surface area (Å²) in [6.07, 6.45) is 7.27. The van der Waals surface area contributed by atoms with E-state index in [1.54, 1.807) is 43.5 Å². The van der Waals surface area contributed by atoms with E-state index in [0.29, 0.717) is 41.9 Å². The molecular weight excluding hydrogens is 434 g/mol. The number of nitrogens with zero attached hydrogens (tertiary/aromatic N) is 1. The monoisotopic (exact) mass is 467 g/mol. The topological polar surface area (TPSA) is 63.7 Å². The average molecular weight is 468 g/mol. The lowest BCUT2D eigenvalue weighted by Gasteiger charge is -2.53. The number of para-hydroxylation sites is 1. The first-order valence-corrected chi connectivity index (χ1v) is 13.6. The highest BCUT2D eigenvalue weighted by atomic mass is 32.2. The summed E-state index contributed by atoms with van der Waals surface area (Å²) < 4.78 is 33.6. The molecule has 2 aromatic rings. The molecule has 0 atom stereocenters. The molecule has 0 amide bonds. The zero-order chi connectivity index (χ0) is 23.0. The number of anilines is 1. The first-order valence-electron chi connectivity index (χ1n) is 12.2. The van der Waals surface area contributed by atoms with Gasteiger partial charge in [0.05, 0.1) is 17.7 Å². The molecule has 176 valence electrons. The maximum absolute atomic E-state index is 13.5. The number of rotatable bonds is 9. The van der Waals surface area contributed by atoms with Crippen molar-refractivity contribution >= 4 is 21.5 Å². The smallest absolute Gasteiger partial charge is 0.264 e. The van der Waals surface area contributed by atoms with Gasteiger partial charge in [-0.25, -0.2) is 8.42 Å². The van der Waals surface area contributed by atoms with Gasteiger partial charge in [0.1, 0.15) is 11.5 Å². The molecular formula is C27H33NO4S. The van der Waals surface area contributed by atoms with Gasteiger partial charge in [-0.1, -0.05) is 18.2 Å². The van der Waals surface area contributed by atoms with Gasteiger partial charge < -0.3 is 4.74 Å². The van der Waals surface area contributed by atoms with E-state index in [1.807, 2.05) is 18.2 Å². The van der Waals surface area contributed by atoms with Crippen LogP contribution in [0, 0.1) is 29.6 Å². The van der Waals surface area contributed by atoms with E-state index < -0.39 is 10.0 Å². The van der Waals surface area contributed by atoms with Gasteiger partial charge in [0, 0.05) is 18.9 Å². The van der Waals surface area contributed by atoms with Crippen LogP contribution in [-0.2, 0) is 14.8 Å². The molecule has 4 fully saturated rings. The number of Topliss-reactive ketones (excluding diaryl/α,β-unsaturated/α-hetero) is 1. The second-order valence-electron chi connectivity index (χ2n) is 10.1. The molecule has 4 aliphatic rings. The van der Waals surface area contributed by atoms with Gasteiger partial charge in [0.2, 0.25) is 0 Å². The van der Waals surface area contributed by atoms with Crippen LogP contribution >= 0.6 is 0 Å². The minimum atomic E-state index is -3.75. The fourth-order valence-electron chi connectivity index (χ4n) is 6.87. The number of methoxy groups -OCH3 is 1. The molecule has 0 aromatic heterocycles. The Morgan fingerprint density at radius 1 is 0.909 bits per heavy atom. The Bertz CT molecular complexity index is 1050. The van der Waals surface area contributed by atoms with Gasteiger partial charge in [-0.2, -0.15) is 0 Å². The fraction of sp³-hybridized carbons (Fsp3) is 0.519. The third-order valence-corrected chi connectivity index (χ3v) is 9.92. The summed E-state index contributed by atoms with van der Waals surface area (Å²) in [5, 5.41) is 0. The van der Waals surface area contributed by atoms with Gasteiger partial charge in [-0.3, -0.25) is 9.10 Å². The number of carbonyl (C=O) groups excluding carboxylic acids is 1. The van der Waals surface area contributed by atoms with Gasteiger partial charge in [-0.15, -0.1) is 0 Å². The Balaban J connectivity index is 1.29. The SMILES string of the molecule is COc1ccc(S(=O)(=O)N(CCCC(=O)C2C3CC4CC(C3)CC2C4)c2ccccc2)cc1. The highest BCUT2D eigenvalue weighted by molar-refractivity contribution is 7.92. The van der Waals surface area contributed by atoms with Crippen LogP contribution in [0.3, 0.4) is 0 Å². The van der Waals surface area contributed by atoms with Gasteiger partial charge in [0.25, 0.3) is 10.0 Å². The largest absolute Gasteiger partial charge is 0.497 e. The Kier molecular flexibility index (Phi) is 6.21. The van der Waals surface area contributed by atoms with Crippen LogP contribution in [0.15, 0.2) is 59.5 Å². The highest BCUT2D eigenvalue weighted by Gasteiger charge is 2.50. The maximum atomic E-state index is 13.5. The number of benzene rings is 2. The van der Waals surface area contributed by atoms with E-state index in [2.05, 4.69) is 0 Å². The van der Waals surface area contributed by atoms with E-state index in [1.165, 1.54) is 36.4 Å². The quantitative estimate of drug-likeness (QED) is 0.501. The van der Waals surface area contributed by atoms with Gasteiger partial charge in [0.15, 0.2) is 0 Å². The Labute approximate surface area is 197 Å². The fourth-order valence-corrected chi connectivity index (χ4v) is 8.37. The van der Waals surface area contributed by atoms with Crippen LogP contribution in [0.5, 0.6) is 5.75 Å². The van der Waals surface area contributed by atoms with Crippen molar-refractivity contribution in [1.29, 1.82) is 0 Å². The molecule has 6 heteroatoms. The number of ketones is 1. The van der Waals surface area contributed by atoms with Crippen molar-refractivity contribution in [2.45, 2.75) is 49.8 Å². The molecule has 4 aliphatic carbocycles. The second-order valence-corrected chi connectivity index (χ2v) is 12.0. The third kappa shape index (κ3) is 4.42. The first-order chi connectivity index (χ1) is 16.0. The van der Waals surface area contributed by atoms with Gasteiger partial charge in [-0.05, 0) is 98.6 Å². The summed E-state index contributed by atoms with van der Waals surface area (Å²) in [6, 6.07) is 15.6. The van der Waals surface area contributed by atoms with Crippen LogP contribution in [0.4, 0.5) is 5.69 Å². The average Bonchev–Trinajstić information content (AvgIpc) is 2.81. The van der Waals surface area contributed by atoms with Crippen LogP contribution < -0.4 is 9.04 Å². The van der Waals surface area contributed by atoms with E-state index in [9.17, 15) is 13.2 Å². The molecule has 33 heavy (non-hydrogen) atoms. The molecule has 0 spiro atoms. The molecule has 6 rings (SSSR count). The van der Waals surface area contributed by atoms with Crippen molar-refractivity contribution in [3.63, 3.8) is 0 Å².